The molecule has 0 amide bonds. The van der Waals surface area contributed by atoms with E-state index in [9.17, 15) is 0 Å². The molecule has 1 heterocycles. The van der Waals surface area contributed by atoms with Crippen LogP contribution in [0.4, 0.5) is 0 Å². The third-order valence-corrected chi connectivity index (χ3v) is 2.78. The molecular formula is C10H9ClN2S. The summed E-state index contributed by atoms with van der Waals surface area (Å²) in [5.41, 5.74) is 7.45. The highest BCUT2D eigenvalue weighted by Gasteiger charge is 2.07. The van der Waals surface area contributed by atoms with Gasteiger partial charge in [-0.2, -0.15) is 0 Å². The van der Waals surface area contributed by atoms with Crippen molar-refractivity contribution in [2.24, 2.45) is 10.7 Å². The zero-order chi connectivity index (χ0) is 9.97. The Morgan fingerprint density at radius 2 is 2.00 bits per heavy atom. The fourth-order valence-corrected chi connectivity index (χ4v) is 1.86. The van der Waals surface area contributed by atoms with E-state index in [-0.39, 0.29) is 5.50 Å². The highest BCUT2D eigenvalue weighted by atomic mass is 35.5. The van der Waals surface area contributed by atoms with E-state index in [2.05, 4.69) is 4.99 Å². The first-order chi connectivity index (χ1) is 6.75. The predicted octanol–water partition coefficient (Wildman–Crippen LogP) is 2.63. The molecule has 1 atom stereocenters. The van der Waals surface area contributed by atoms with Crippen molar-refractivity contribution in [2.75, 3.05) is 0 Å². The third-order valence-electron chi connectivity index (χ3n) is 1.85. The molecule has 2 N–H and O–H groups in total. The number of hydrogen-bond donors (Lipinski definition) is 1. The minimum absolute atomic E-state index is 0.189. The number of allylic oxidation sites excluding steroid dienone is 1. The third kappa shape index (κ3) is 2.18. The van der Waals surface area contributed by atoms with E-state index in [0.29, 0.717) is 0 Å². The van der Waals surface area contributed by atoms with E-state index in [1.807, 2.05) is 35.7 Å². The topological polar surface area (TPSA) is 38.4 Å². The molecule has 2 nitrogen and oxygen atoms in total. The van der Waals surface area contributed by atoms with Crippen molar-refractivity contribution in [2.45, 2.75) is 5.50 Å². The largest absolute Gasteiger partial charge is 0.301 e. The molecule has 1 aliphatic heterocycles. The van der Waals surface area contributed by atoms with Crippen LogP contribution >= 0.6 is 23.4 Å². The van der Waals surface area contributed by atoms with Crippen LogP contribution in [0.3, 0.4) is 0 Å². The first-order valence-electron chi connectivity index (χ1n) is 4.17. The van der Waals surface area contributed by atoms with E-state index >= 15 is 0 Å². The molecule has 2 rings (SSSR count). The number of nitrogens with two attached hydrogens (primary N) is 1. The smallest absolute Gasteiger partial charge is 0.149 e. The van der Waals surface area contributed by atoms with Gasteiger partial charge in [-0.15, -0.1) is 0 Å². The molecule has 0 bridgehead atoms. The molecule has 0 aliphatic carbocycles. The zero-order valence-corrected chi connectivity index (χ0v) is 8.92. The molecule has 1 aliphatic rings. The van der Waals surface area contributed by atoms with Gasteiger partial charge in [0.15, 0.2) is 0 Å². The van der Waals surface area contributed by atoms with Gasteiger partial charge in [-0.05, 0) is 29.2 Å². The average Bonchev–Trinajstić information content (AvgIpc) is 2.19. The van der Waals surface area contributed by atoms with Crippen LogP contribution in [0.5, 0.6) is 0 Å². The highest BCUT2D eigenvalue weighted by molar-refractivity contribution is 8.02. The lowest BCUT2D eigenvalue weighted by Gasteiger charge is -2.11. The normalized spacial score (nSPS) is 20.7. The zero-order valence-electron chi connectivity index (χ0n) is 7.35. The molecule has 0 saturated carbocycles. The van der Waals surface area contributed by atoms with Crippen molar-refractivity contribution in [3.05, 3.63) is 46.3 Å². The summed E-state index contributed by atoms with van der Waals surface area (Å²) in [4.78, 5) is 4.31. The molecule has 0 radical (unpaired) electrons. The number of aliphatic imine (C=N–C) groups is 1. The van der Waals surface area contributed by atoms with Crippen LogP contribution in [-0.2, 0) is 0 Å². The Labute approximate surface area is 91.9 Å². The summed E-state index contributed by atoms with van der Waals surface area (Å²) < 4.78 is 0. The number of hydrogen-bond acceptors (Lipinski definition) is 3. The lowest BCUT2D eigenvalue weighted by atomic mass is 10.1. The maximum absolute atomic E-state index is 5.79. The standard InChI is InChI=1S/C10H9ClN2S/c11-8-3-1-7(2-4-8)9-5-6-14-10(12)13-9/h1-6,10H,12H2. The Bertz CT molecular complexity index is 384. The van der Waals surface area contributed by atoms with Crippen LogP contribution in [0.2, 0.25) is 5.02 Å². The van der Waals surface area contributed by atoms with Crippen molar-refractivity contribution in [1.29, 1.82) is 0 Å². The fraction of sp³-hybridized carbons (Fsp3) is 0.100. The van der Waals surface area contributed by atoms with Gasteiger partial charge in [0.05, 0.1) is 5.71 Å². The van der Waals surface area contributed by atoms with Crippen LogP contribution in [0.25, 0.3) is 0 Å². The summed E-state index contributed by atoms with van der Waals surface area (Å²) in [6.07, 6.45) is 1.96. The first-order valence-corrected chi connectivity index (χ1v) is 5.49. The lowest BCUT2D eigenvalue weighted by Crippen LogP contribution is -2.16. The van der Waals surface area contributed by atoms with E-state index < -0.39 is 0 Å². The van der Waals surface area contributed by atoms with Crippen molar-refractivity contribution < 1.29 is 0 Å². The molecule has 1 unspecified atom stereocenters. The van der Waals surface area contributed by atoms with Gasteiger partial charge < -0.3 is 5.73 Å². The summed E-state index contributed by atoms with van der Waals surface area (Å²) in [6.45, 7) is 0. The number of nitrogens with zero attached hydrogens (tertiary/aromatic N) is 1. The van der Waals surface area contributed by atoms with Crippen LogP contribution < -0.4 is 5.73 Å². The summed E-state index contributed by atoms with van der Waals surface area (Å²) in [5, 5.41) is 2.69. The summed E-state index contributed by atoms with van der Waals surface area (Å²) in [7, 11) is 0. The Morgan fingerprint density at radius 1 is 1.29 bits per heavy atom. The number of thioether (sulfide) groups is 1. The molecule has 0 fully saturated rings. The van der Waals surface area contributed by atoms with E-state index in [0.717, 1.165) is 16.3 Å². The van der Waals surface area contributed by atoms with Crippen LogP contribution in [0.1, 0.15) is 5.56 Å². The first kappa shape index (κ1) is 9.77. The van der Waals surface area contributed by atoms with Crippen molar-refractivity contribution in [3.8, 4) is 0 Å². The molecule has 0 aromatic heterocycles. The van der Waals surface area contributed by atoms with Gasteiger partial charge in [0.2, 0.25) is 0 Å². The molecule has 0 saturated heterocycles. The minimum atomic E-state index is -0.189. The number of rotatable bonds is 1. The van der Waals surface area contributed by atoms with Crippen LogP contribution in [0, 0.1) is 0 Å². The van der Waals surface area contributed by atoms with Gasteiger partial charge in [-0.3, -0.25) is 4.99 Å². The summed E-state index contributed by atoms with van der Waals surface area (Å²) in [5.74, 6) is 0. The molecule has 0 spiro atoms. The Balaban J connectivity index is 2.31. The fourth-order valence-electron chi connectivity index (χ4n) is 1.19. The van der Waals surface area contributed by atoms with Crippen molar-refractivity contribution in [1.82, 2.24) is 0 Å². The van der Waals surface area contributed by atoms with Gasteiger partial charge in [0.1, 0.15) is 5.50 Å². The van der Waals surface area contributed by atoms with Crippen LogP contribution in [0.15, 0.2) is 40.7 Å². The molecule has 72 valence electrons. The quantitative estimate of drug-likeness (QED) is 0.797. The Morgan fingerprint density at radius 3 is 2.64 bits per heavy atom. The van der Waals surface area contributed by atoms with Gasteiger partial charge in [0.25, 0.3) is 0 Å². The molecule has 4 heteroatoms. The number of benzene rings is 1. The predicted molar refractivity (Wildman–Crippen MR) is 62.7 cm³/mol. The monoisotopic (exact) mass is 224 g/mol. The van der Waals surface area contributed by atoms with Crippen molar-refractivity contribution >= 4 is 29.1 Å². The highest BCUT2D eigenvalue weighted by Crippen LogP contribution is 2.18. The second-order valence-corrected chi connectivity index (χ2v) is 4.31. The maximum atomic E-state index is 5.79. The molecular weight excluding hydrogens is 216 g/mol. The van der Waals surface area contributed by atoms with Gasteiger partial charge in [-0.1, -0.05) is 35.5 Å². The minimum Gasteiger partial charge on any atom is -0.301 e. The second kappa shape index (κ2) is 4.17. The van der Waals surface area contributed by atoms with Crippen molar-refractivity contribution in [3.63, 3.8) is 0 Å². The molecule has 1 aromatic carbocycles. The van der Waals surface area contributed by atoms with Gasteiger partial charge >= 0.3 is 0 Å². The molecule has 14 heavy (non-hydrogen) atoms. The van der Waals surface area contributed by atoms with E-state index in [4.69, 9.17) is 17.3 Å². The summed E-state index contributed by atoms with van der Waals surface area (Å²) in [6, 6.07) is 7.57. The Hall–Kier alpha value is -0.770. The number of halogens is 1. The Kier molecular flexibility index (Phi) is 2.91. The van der Waals surface area contributed by atoms with Gasteiger partial charge in [-0.25, -0.2) is 0 Å². The SMILES string of the molecule is NC1N=C(c2ccc(Cl)cc2)C=CS1. The van der Waals surface area contributed by atoms with Crippen LogP contribution in [-0.4, -0.2) is 11.2 Å². The lowest BCUT2D eigenvalue weighted by molar-refractivity contribution is 0.991. The average molecular weight is 225 g/mol. The maximum Gasteiger partial charge on any atom is 0.149 e. The van der Waals surface area contributed by atoms with Gasteiger partial charge in [0, 0.05) is 5.02 Å². The molecule has 1 aromatic rings. The second-order valence-electron chi connectivity index (χ2n) is 2.85. The summed E-state index contributed by atoms with van der Waals surface area (Å²) >= 11 is 7.30. The van der Waals surface area contributed by atoms with E-state index in [1.165, 1.54) is 11.8 Å². The van der Waals surface area contributed by atoms with E-state index in [1.54, 1.807) is 0 Å².